The first-order valence-corrected chi connectivity index (χ1v) is 7.15. The van der Waals surface area contributed by atoms with Gasteiger partial charge in [0, 0.05) is 23.3 Å². The van der Waals surface area contributed by atoms with E-state index in [1.54, 1.807) is 12.4 Å². The van der Waals surface area contributed by atoms with Crippen molar-refractivity contribution in [1.82, 2.24) is 4.98 Å². The van der Waals surface area contributed by atoms with E-state index in [0.717, 1.165) is 27.7 Å². The fourth-order valence-electron chi connectivity index (χ4n) is 2.18. The highest BCUT2D eigenvalue weighted by atomic mass is 79.9. The molecule has 1 aromatic heterocycles. The zero-order valence-electron chi connectivity index (χ0n) is 10.7. The van der Waals surface area contributed by atoms with Crippen LogP contribution in [0.1, 0.15) is 17.5 Å². The Bertz CT molecular complexity index is 644. The molecule has 0 radical (unpaired) electrons. The minimum Gasteiger partial charge on any atom is -0.487 e. The van der Waals surface area contributed by atoms with E-state index in [9.17, 15) is 4.79 Å². The van der Waals surface area contributed by atoms with Crippen LogP contribution in [0.2, 0.25) is 0 Å². The standard InChI is InChI=1S/C15H13BrN2O2/c16-12-7-11-1-2-14(19)18-15(11)13(8-12)20-9-10-3-5-17-6-4-10/h3-8H,1-2,9H2,(H,18,19). The van der Waals surface area contributed by atoms with Gasteiger partial charge in [0.15, 0.2) is 0 Å². The quantitative estimate of drug-likeness (QED) is 0.938. The summed E-state index contributed by atoms with van der Waals surface area (Å²) in [5, 5.41) is 2.89. The third-order valence-electron chi connectivity index (χ3n) is 3.18. The summed E-state index contributed by atoms with van der Waals surface area (Å²) >= 11 is 3.48. The molecule has 0 saturated heterocycles. The van der Waals surface area contributed by atoms with Gasteiger partial charge in [-0.1, -0.05) is 15.9 Å². The Balaban J connectivity index is 1.85. The number of carbonyl (C=O) groups is 1. The number of pyridine rings is 1. The van der Waals surface area contributed by atoms with Gasteiger partial charge < -0.3 is 10.1 Å². The largest absolute Gasteiger partial charge is 0.487 e. The van der Waals surface area contributed by atoms with Crippen molar-refractivity contribution < 1.29 is 9.53 Å². The molecule has 1 aliphatic rings. The van der Waals surface area contributed by atoms with Crippen LogP contribution < -0.4 is 10.1 Å². The zero-order chi connectivity index (χ0) is 13.9. The number of fused-ring (bicyclic) bond motifs is 1. The topological polar surface area (TPSA) is 51.2 Å². The zero-order valence-corrected chi connectivity index (χ0v) is 12.3. The lowest BCUT2D eigenvalue weighted by Gasteiger charge is -2.21. The summed E-state index contributed by atoms with van der Waals surface area (Å²) in [7, 11) is 0. The van der Waals surface area contributed by atoms with Crippen LogP contribution in [0.5, 0.6) is 5.75 Å². The fourth-order valence-corrected chi connectivity index (χ4v) is 2.66. The SMILES string of the molecule is O=C1CCc2cc(Br)cc(OCc3ccncc3)c2N1. The van der Waals surface area contributed by atoms with Crippen LogP contribution in [0.15, 0.2) is 41.1 Å². The molecule has 0 fully saturated rings. The molecule has 1 aromatic carbocycles. The second kappa shape index (κ2) is 5.63. The number of ether oxygens (including phenoxy) is 1. The van der Waals surface area contributed by atoms with Crippen LogP contribution >= 0.6 is 15.9 Å². The van der Waals surface area contributed by atoms with Gasteiger partial charge in [0.25, 0.3) is 0 Å². The summed E-state index contributed by atoms with van der Waals surface area (Å²) in [5.41, 5.74) is 2.93. The molecule has 20 heavy (non-hydrogen) atoms. The molecule has 0 aliphatic carbocycles. The Hall–Kier alpha value is -1.88. The van der Waals surface area contributed by atoms with Crippen molar-refractivity contribution in [2.75, 3.05) is 5.32 Å². The first-order chi connectivity index (χ1) is 9.72. The van der Waals surface area contributed by atoms with E-state index in [-0.39, 0.29) is 5.91 Å². The van der Waals surface area contributed by atoms with Gasteiger partial charge >= 0.3 is 0 Å². The average molecular weight is 333 g/mol. The van der Waals surface area contributed by atoms with E-state index in [0.29, 0.717) is 18.8 Å². The molecule has 0 unspecified atom stereocenters. The Labute approximate surface area is 125 Å². The van der Waals surface area contributed by atoms with Crippen LogP contribution in [0, 0.1) is 0 Å². The Morgan fingerprint density at radius 1 is 1.25 bits per heavy atom. The molecule has 2 heterocycles. The number of anilines is 1. The summed E-state index contributed by atoms with van der Waals surface area (Å²) < 4.78 is 6.80. The maximum Gasteiger partial charge on any atom is 0.224 e. The number of aryl methyl sites for hydroxylation is 1. The number of aromatic nitrogens is 1. The minimum absolute atomic E-state index is 0.0357. The van der Waals surface area contributed by atoms with Crippen molar-refractivity contribution in [1.29, 1.82) is 0 Å². The van der Waals surface area contributed by atoms with Crippen molar-refractivity contribution in [3.63, 3.8) is 0 Å². The third kappa shape index (κ3) is 2.82. The molecule has 1 amide bonds. The molecule has 3 rings (SSSR count). The smallest absolute Gasteiger partial charge is 0.224 e. The number of amides is 1. The van der Waals surface area contributed by atoms with E-state index >= 15 is 0 Å². The van der Waals surface area contributed by atoms with Crippen LogP contribution in [0.3, 0.4) is 0 Å². The number of carbonyl (C=O) groups excluding carboxylic acids is 1. The number of halogens is 1. The molecule has 2 aromatic rings. The maximum absolute atomic E-state index is 11.6. The van der Waals surface area contributed by atoms with Gasteiger partial charge in [-0.2, -0.15) is 0 Å². The number of nitrogens with one attached hydrogen (secondary N) is 1. The summed E-state index contributed by atoms with van der Waals surface area (Å²) in [4.78, 5) is 15.5. The molecule has 1 aliphatic heterocycles. The van der Waals surface area contributed by atoms with Gasteiger partial charge in [0.1, 0.15) is 12.4 Å². The highest BCUT2D eigenvalue weighted by molar-refractivity contribution is 9.10. The Morgan fingerprint density at radius 3 is 2.85 bits per heavy atom. The van der Waals surface area contributed by atoms with Crippen molar-refractivity contribution in [2.45, 2.75) is 19.4 Å². The van der Waals surface area contributed by atoms with Crippen LogP contribution in [-0.4, -0.2) is 10.9 Å². The van der Waals surface area contributed by atoms with E-state index in [2.05, 4.69) is 26.2 Å². The van der Waals surface area contributed by atoms with Crippen molar-refractivity contribution >= 4 is 27.5 Å². The number of nitrogens with zero attached hydrogens (tertiary/aromatic N) is 1. The van der Waals surface area contributed by atoms with Gasteiger partial charge in [-0.25, -0.2) is 0 Å². The van der Waals surface area contributed by atoms with Crippen molar-refractivity contribution in [3.8, 4) is 5.75 Å². The number of rotatable bonds is 3. The highest BCUT2D eigenvalue weighted by Crippen LogP contribution is 2.36. The van der Waals surface area contributed by atoms with Gasteiger partial charge in [-0.3, -0.25) is 9.78 Å². The summed E-state index contributed by atoms with van der Waals surface area (Å²) in [5.74, 6) is 0.729. The van der Waals surface area contributed by atoms with E-state index < -0.39 is 0 Å². The molecule has 0 spiro atoms. The lowest BCUT2D eigenvalue weighted by Crippen LogP contribution is -2.19. The first kappa shape index (κ1) is 13.1. The van der Waals surface area contributed by atoms with Gasteiger partial charge in [0.05, 0.1) is 5.69 Å². The second-order valence-corrected chi connectivity index (χ2v) is 5.55. The monoisotopic (exact) mass is 332 g/mol. The lowest BCUT2D eigenvalue weighted by molar-refractivity contribution is -0.116. The fraction of sp³-hybridized carbons (Fsp3) is 0.200. The Kier molecular flexibility index (Phi) is 3.69. The van der Waals surface area contributed by atoms with Gasteiger partial charge in [0.2, 0.25) is 5.91 Å². The number of hydrogen-bond acceptors (Lipinski definition) is 3. The highest BCUT2D eigenvalue weighted by Gasteiger charge is 2.19. The molecule has 0 bridgehead atoms. The normalized spacial score (nSPS) is 13.6. The molecule has 102 valence electrons. The van der Waals surface area contributed by atoms with E-state index in [4.69, 9.17) is 4.74 Å². The molecular formula is C15H13BrN2O2. The minimum atomic E-state index is 0.0357. The summed E-state index contributed by atoms with van der Waals surface area (Å²) in [6, 6.07) is 7.71. The number of hydrogen-bond donors (Lipinski definition) is 1. The molecule has 0 atom stereocenters. The average Bonchev–Trinajstić information content (AvgIpc) is 2.46. The van der Waals surface area contributed by atoms with Crippen molar-refractivity contribution in [3.05, 3.63) is 52.3 Å². The molecule has 0 saturated carbocycles. The Morgan fingerprint density at radius 2 is 2.05 bits per heavy atom. The third-order valence-corrected chi connectivity index (χ3v) is 3.64. The molecule has 4 nitrogen and oxygen atoms in total. The van der Waals surface area contributed by atoms with Crippen LogP contribution in [0.4, 0.5) is 5.69 Å². The van der Waals surface area contributed by atoms with E-state index in [1.165, 1.54) is 0 Å². The maximum atomic E-state index is 11.6. The van der Waals surface area contributed by atoms with Crippen LogP contribution in [0.25, 0.3) is 0 Å². The summed E-state index contributed by atoms with van der Waals surface area (Å²) in [6.45, 7) is 0.446. The van der Waals surface area contributed by atoms with Crippen molar-refractivity contribution in [2.24, 2.45) is 0 Å². The first-order valence-electron chi connectivity index (χ1n) is 6.36. The van der Waals surface area contributed by atoms with Crippen LogP contribution in [-0.2, 0) is 17.8 Å². The van der Waals surface area contributed by atoms with Gasteiger partial charge in [-0.05, 0) is 41.8 Å². The second-order valence-electron chi connectivity index (χ2n) is 4.63. The molecule has 5 heteroatoms. The number of benzene rings is 1. The molecule has 1 N–H and O–H groups in total. The predicted molar refractivity (Wildman–Crippen MR) is 79.7 cm³/mol. The summed E-state index contributed by atoms with van der Waals surface area (Å²) in [6.07, 6.45) is 4.73. The predicted octanol–water partition coefficient (Wildman–Crippen LogP) is 3.31. The van der Waals surface area contributed by atoms with Gasteiger partial charge in [-0.15, -0.1) is 0 Å². The van der Waals surface area contributed by atoms with E-state index in [1.807, 2.05) is 24.3 Å². The molecular weight excluding hydrogens is 320 g/mol. The lowest BCUT2D eigenvalue weighted by atomic mass is 10.0.